The van der Waals surface area contributed by atoms with Crippen molar-refractivity contribution in [1.29, 1.82) is 0 Å². The third-order valence-corrected chi connectivity index (χ3v) is 3.82. The molecule has 1 heterocycles. The molecule has 104 valence electrons. The molecular weight excluding hydrogens is 264 g/mol. The van der Waals surface area contributed by atoms with Gasteiger partial charge in [-0.2, -0.15) is 0 Å². The van der Waals surface area contributed by atoms with E-state index in [1.165, 1.54) is 0 Å². The zero-order valence-corrected chi connectivity index (χ0v) is 11.8. The lowest BCUT2D eigenvalue weighted by Crippen LogP contribution is -2.23. The zero-order valence-electron chi connectivity index (χ0n) is 11.0. The molecular formula is C15H19ClO3. The molecule has 1 aliphatic rings. The maximum atomic E-state index is 11.4. The van der Waals surface area contributed by atoms with Gasteiger partial charge in [-0.3, -0.25) is 4.79 Å². The topological polar surface area (TPSA) is 46.5 Å². The van der Waals surface area contributed by atoms with Crippen LogP contribution in [0.15, 0.2) is 24.3 Å². The summed E-state index contributed by atoms with van der Waals surface area (Å²) in [5, 5.41) is 9.99. The third-order valence-electron chi connectivity index (χ3n) is 3.59. The smallest absolute Gasteiger partial charge is 0.306 e. The van der Waals surface area contributed by atoms with Gasteiger partial charge in [-0.05, 0) is 50.3 Å². The second-order valence-electron chi connectivity index (χ2n) is 5.25. The van der Waals surface area contributed by atoms with E-state index in [0.717, 1.165) is 18.4 Å². The van der Waals surface area contributed by atoms with Crippen molar-refractivity contribution in [2.24, 2.45) is 5.92 Å². The summed E-state index contributed by atoms with van der Waals surface area (Å²) in [6, 6.07) is 7.39. The molecule has 0 saturated carbocycles. The van der Waals surface area contributed by atoms with E-state index >= 15 is 0 Å². The minimum Gasteiger partial charge on any atom is -0.481 e. The molecule has 1 aromatic carbocycles. The number of carboxylic acid groups (broad SMARTS) is 1. The molecule has 4 heteroatoms. The number of ether oxygens (including phenoxy) is 1. The first-order valence-corrected chi connectivity index (χ1v) is 7.05. The van der Waals surface area contributed by atoms with Crippen molar-refractivity contribution in [3.8, 4) is 0 Å². The quantitative estimate of drug-likeness (QED) is 0.898. The largest absolute Gasteiger partial charge is 0.481 e. The van der Waals surface area contributed by atoms with E-state index in [-0.39, 0.29) is 12.2 Å². The van der Waals surface area contributed by atoms with Crippen molar-refractivity contribution in [2.45, 2.75) is 44.8 Å². The van der Waals surface area contributed by atoms with E-state index in [2.05, 4.69) is 0 Å². The Morgan fingerprint density at radius 1 is 1.53 bits per heavy atom. The molecule has 0 spiro atoms. The Morgan fingerprint density at radius 2 is 2.32 bits per heavy atom. The SMILES string of the molecule is CC1CCC(CC(Cc2cccc(Cl)c2)C(=O)O)O1. The molecule has 19 heavy (non-hydrogen) atoms. The van der Waals surface area contributed by atoms with Crippen LogP contribution in [0.2, 0.25) is 5.02 Å². The molecule has 1 N–H and O–H groups in total. The molecule has 0 aromatic heterocycles. The van der Waals surface area contributed by atoms with Crippen LogP contribution in [-0.2, 0) is 16.0 Å². The molecule has 3 unspecified atom stereocenters. The van der Waals surface area contributed by atoms with Crippen molar-refractivity contribution in [3.05, 3.63) is 34.9 Å². The molecule has 0 amide bonds. The second kappa shape index (κ2) is 6.40. The van der Waals surface area contributed by atoms with E-state index in [1.54, 1.807) is 6.07 Å². The lowest BCUT2D eigenvalue weighted by atomic mass is 9.93. The fourth-order valence-corrected chi connectivity index (χ4v) is 2.81. The third kappa shape index (κ3) is 4.22. The summed E-state index contributed by atoms with van der Waals surface area (Å²) in [5.74, 6) is -1.17. The molecule has 0 radical (unpaired) electrons. The van der Waals surface area contributed by atoms with Crippen molar-refractivity contribution in [2.75, 3.05) is 0 Å². The maximum Gasteiger partial charge on any atom is 0.306 e. The predicted octanol–water partition coefficient (Wildman–Crippen LogP) is 3.54. The van der Waals surface area contributed by atoms with E-state index < -0.39 is 11.9 Å². The Labute approximate surface area is 118 Å². The van der Waals surface area contributed by atoms with E-state index in [9.17, 15) is 9.90 Å². The fourth-order valence-electron chi connectivity index (χ4n) is 2.60. The highest BCUT2D eigenvalue weighted by molar-refractivity contribution is 6.30. The van der Waals surface area contributed by atoms with Gasteiger partial charge in [0.15, 0.2) is 0 Å². The number of hydrogen-bond acceptors (Lipinski definition) is 2. The minimum absolute atomic E-state index is 0.0790. The standard InChI is InChI=1S/C15H19ClO3/c1-10-5-6-14(19-10)9-12(15(17)18)7-11-3-2-4-13(16)8-11/h2-4,8,10,12,14H,5-7,9H2,1H3,(H,17,18). The van der Waals surface area contributed by atoms with Crippen LogP contribution in [-0.4, -0.2) is 23.3 Å². The Bertz CT molecular complexity index is 447. The Kier molecular flexibility index (Phi) is 4.83. The van der Waals surface area contributed by atoms with Crippen molar-refractivity contribution >= 4 is 17.6 Å². The Morgan fingerprint density at radius 3 is 2.89 bits per heavy atom. The minimum atomic E-state index is -0.761. The fraction of sp³-hybridized carbons (Fsp3) is 0.533. The summed E-state index contributed by atoms with van der Waals surface area (Å²) in [7, 11) is 0. The van der Waals surface area contributed by atoms with Gasteiger partial charge < -0.3 is 9.84 Å². The number of benzene rings is 1. The van der Waals surface area contributed by atoms with Gasteiger partial charge in [0.2, 0.25) is 0 Å². The van der Waals surface area contributed by atoms with Gasteiger partial charge in [0, 0.05) is 5.02 Å². The average molecular weight is 283 g/mol. The number of carbonyl (C=O) groups is 1. The van der Waals surface area contributed by atoms with Gasteiger partial charge in [0.25, 0.3) is 0 Å². The normalized spacial score (nSPS) is 24.3. The second-order valence-corrected chi connectivity index (χ2v) is 5.69. The van der Waals surface area contributed by atoms with Crippen LogP contribution in [0.1, 0.15) is 31.7 Å². The van der Waals surface area contributed by atoms with Gasteiger partial charge in [0.1, 0.15) is 0 Å². The summed E-state index contributed by atoms with van der Waals surface area (Å²) in [4.78, 5) is 11.4. The first-order chi connectivity index (χ1) is 9.04. The summed E-state index contributed by atoms with van der Waals surface area (Å²) in [5.41, 5.74) is 0.964. The summed E-state index contributed by atoms with van der Waals surface area (Å²) in [6.45, 7) is 2.03. The zero-order chi connectivity index (χ0) is 13.8. The van der Waals surface area contributed by atoms with Crippen LogP contribution in [0.4, 0.5) is 0 Å². The molecule has 1 aliphatic heterocycles. The number of rotatable bonds is 5. The average Bonchev–Trinajstić information content (AvgIpc) is 2.74. The van der Waals surface area contributed by atoms with Gasteiger partial charge in [-0.1, -0.05) is 23.7 Å². The van der Waals surface area contributed by atoms with E-state index in [4.69, 9.17) is 16.3 Å². The van der Waals surface area contributed by atoms with Crippen LogP contribution in [0.25, 0.3) is 0 Å². The molecule has 3 nitrogen and oxygen atoms in total. The van der Waals surface area contributed by atoms with Gasteiger partial charge in [-0.15, -0.1) is 0 Å². The summed E-state index contributed by atoms with van der Waals surface area (Å²) < 4.78 is 5.71. The highest BCUT2D eigenvalue weighted by atomic mass is 35.5. The number of halogens is 1. The number of carboxylic acids is 1. The van der Waals surface area contributed by atoms with Gasteiger partial charge in [-0.25, -0.2) is 0 Å². The van der Waals surface area contributed by atoms with Gasteiger partial charge >= 0.3 is 5.97 Å². The summed E-state index contributed by atoms with van der Waals surface area (Å²) >= 11 is 5.93. The Hall–Kier alpha value is -1.06. The van der Waals surface area contributed by atoms with Gasteiger partial charge in [0.05, 0.1) is 18.1 Å². The predicted molar refractivity (Wildman–Crippen MR) is 74.5 cm³/mol. The molecule has 2 rings (SSSR count). The molecule has 3 atom stereocenters. The van der Waals surface area contributed by atoms with Crippen molar-refractivity contribution in [1.82, 2.24) is 0 Å². The van der Waals surface area contributed by atoms with Crippen LogP contribution >= 0.6 is 11.6 Å². The molecule has 0 aliphatic carbocycles. The van der Waals surface area contributed by atoms with Crippen molar-refractivity contribution < 1.29 is 14.6 Å². The maximum absolute atomic E-state index is 11.4. The first kappa shape index (κ1) is 14.4. The Balaban J connectivity index is 1.98. The molecule has 1 fully saturated rings. The lowest BCUT2D eigenvalue weighted by molar-refractivity contribution is -0.143. The van der Waals surface area contributed by atoms with Crippen LogP contribution < -0.4 is 0 Å². The monoisotopic (exact) mass is 282 g/mol. The first-order valence-electron chi connectivity index (χ1n) is 6.67. The highest BCUT2D eigenvalue weighted by Crippen LogP contribution is 2.26. The highest BCUT2D eigenvalue weighted by Gasteiger charge is 2.28. The van der Waals surface area contributed by atoms with Crippen LogP contribution in [0.3, 0.4) is 0 Å². The van der Waals surface area contributed by atoms with Crippen LogP contribution in [0, 0.1) is 5.92 Å². The van der Waals surface area contributed by atoms with E-state index in [1.807, 2.05) is 25.1 Å². The van der Waals surface area contributed by atoms with Crippen molar-refractivity contribution in [3.63, 3.8) is 0 Å². The molecule has 1 saturated heterocycles. The number of hydrogen-bond donors (Lipinski definition) is 1. The lowest BCUT2D eigenvalue weighted by Gasteiger charge is -2.17. The van der Waals surface area contributed by atoms with E-state index in [0.29, 0.717) is 17.9 Å². The molecule has 1 aromatic rings. The van der Waals surface area contributed by atoms with Crippen LogP contribution in [0.5, 0.6) is 0 Å². The number of aliphatic carboxylic acids is 1. The molecule has 0 bridgehead atoms. The summed E-state index contributed by atoms with van der Waals surface area (Å²) in [6.07, 6.45) is 3.39.